The molecule has 0 saturated heterocycles. The molecular weight excluding hydrogens is 523 g/mol. The number of nitro groups is 2. The summed E-state index contributed by atoms with van der Waals surface area (Å²) in [6.45, 7) is 0. The van der Waals surface area contributed by atoms with Gasteiger partial charge in [-0.1, -0.05) is 55.1 Å². The van der Waals surface area contributed by atoms with Crippen LogP contribution in [-0.4, -0.2) is 20.1 Å². The second kappa shape index (κ2) is 7.78. The normalized spacial score (nSPS) is 10.5. The molecule has 0 radical (unpaired) electrons. The minimum Gasteiger partial charge on any atom is -0.502 e. The van der Waals surface area contributed by atoms with E-state index in [-0.39, 0.29) is 25.6 Å². The van der Waals surface area contributed by atoms with Gasteiger partial charge in [0.1, 0.15) is 4.49 Å². The molecular formula is C14H6Br2Cl2N2O6. The molecule has 0 bridgehead atoms. The molecule has 0 aliphatic heterocycles. The summed E-state index contributed by atoms with van der Waals surface area (Å²) in [7, 11) is 0. The van der Waals surface area contributed by atoms with Crippen LogP contribution in [0.4, 0.5) is 11.4 Å². The summed E-state index contributed by atoms with van der Waals surface area (Å²) in [5, 5.41) is 42.8. The first-order valence-electron chi connectivity index (χ1n) is 6.44. The second-order valence-electron chi connectivity index (χ2n) is 4.79. The highest BCUT2D eigenvalue weighted by atomic mass is 79.9. The number of phenols is 2. The molecule has 0 spiro atoms. The minimum absolute atomic E-state index is 0.200. The first-order valence-corrected chi connectivity index (χ1v) is 8.78. The summed E-state index contributed by atoms with van der Waals surface area (Å²) in [5.41, 5.74) is -1.92. The molecule has 8 nitrogen and oxygen atoms in total. The third-order valence-corrected chi connectivity index (χ3v) is 4.52. The van der Waals surface area contributed by atoms with E-state index < -0.39 is 37.2 Å². The second-order valence-corrected chi connectivity index (χ2v) is 7.57. The summed E-state index contributed by atoms with van der Waals surface area (Å²) >= 11 is 17.9. The van der Waals surface area contributed by atoms with Crippen molar-refractivity contribution in [1.82, 2.24) is 0 Å². The molecule has 0 amide bonds. The average molecular weight is 529 g/mol. The zero-order valence-corrected chi connectivity index (χ0v) is 16.9. The number of hydrogen-bond donors (Lipinski definition) is 2. The number of halogens is 4. The van der Waals surface area contributed by atoms with Crippen LogP contribution in [0.2, 0.25) is 0 Å². The van der Waals surface area contributed by atoms with Gasteiger partial charge in [0, 0.05) is 37.8 Å². The lowest BCUT2D eigenvalue weighted by Gasteiger charge is -2.13. The third-order valence-electron chi connectivity index (χ3n) is 3.23. The molecule has 26 heavy (non-hydrogen) atoms. The summed E-state index contributed by atoms with van der Waals surface area (Å²) in [5.74, 6) is -1.54. The van der Waals surface area contributed by atoms with Gasteiger partial charge < -0.3 is 10.2 Å². The number of aromatic hydroxyl groups is 2. The fourth-order valence-corrected chi connectivity index (χ4v) is 3.48. The van der Waals surface area contributed by atoms with Crippen LogP contribution in [0.15, 0.2) is 37.7 Å². The zero-order valence-electron chi connectivity index (χ0n) is 12.2. The Labute approximate surface area is 172 Å². The van der Waals surface area contributed by atoms with Crippen LogP contribution in [0.3, 0.4) is 0 Å². The van der Waals surface area contributed by atoms with Crippen molar-refractivity contribution in [3.8, 4) is 11.5 Å². The molecule has 0 aliphatic rings. The summed E-state index contributed by atoms with van der Waals surface area (Å²) in [4.78, 5) is 20.6. The van der Waals surface area contributed by atoms with Crippen molar-refractivity contribution < 1.29 is 20.1 Å². The molecule has 0 unspecified atom stereocenters. The fraction of sp³-hybridized carbons (Fsp3) is 0. The molecule has 136 valence electrons. The van der Waals surface area contributed by atoms with Crippen LogP contribution in [-0.2, 0) is 0 Å². The smallest absolute Gasteiger partial charge is 0.312 e. The summed E-state index contributed by atoms with van der Waals surface area (Å²) < 4.78 is -0.0449. The van der Waals surface area contributed by atoms with Gasteiger partial charge in [-0.3, -0.25) is 20.2 Å². The number of hydrogen-bond acceptors (Lipinski definition) is 6. The molecule has 0 atom stereocenters. The topological polar surface area (TPSA) is 127 Å². The van der Waals surface area contributed by atoms with Crippen molar-refractivity contribution >= 4 is 72.0 Å². The summed E-state index contributed by atoms with van der Waals surface area (Å²) in [6, 6.07) is 4.66. The van der Waals surface area contributed by atoms with Gasteiger partial charge in [-0.2, -0.15) is 0 Å². The molecule has 2 aromatic carbocycles. The summed E-state index contributed by atoms with van der Waals surface area (Å²) in [6.07, 6.45) is 0. The van der Waals surface area contributed by atoms with Crippen LogP contribution in [0.25, 0.3) is 5.57 Å². The highest BCUT2D eigenvalue weighted by Gasteiger charge is 2.28. The highest BCUT2D eigenvalue weighted by Crippen LogP contribution is 2.46. The van der Waals surface area contributed by atoms with E-state index >= 15 is 0 Å². The van der Waals surface area contributed by atoms with Crippen LogP contribution >= 0.6 is 55.1 Å². The number of phenolic OH excluding ortho intramolecular Hbond substituents is 2. The van der Waals surface area contributed by atoms with Crippen LogP contribution < -0.4 is 0 Å². The number of benzene rings is 2. The molecule has 0 aromatic heterocycles. The van der Waals surface area contributed by atoms with Gasteiger partial charge >= 0.3 is 11.4 Å². The lowest BCUT2D eigenvalue weighted by atomic mass is 9.96. The SMILES string of the molecule is O=[N+]([O-])c1cc(Br)cc(C(=C(Cl)Cl)c2cc(Br)cc([N+](=O)[O-])c2O)c1O. The first-order chi connectivity index (χ1) is 12.0. The van der Waals surface area contributed by atoms with Gasteiger partial charge in [0.15, 0.2) is 0 Å². The first kappa shape index (κ1) is 20.4. The number of nitrogens with zero attached hydrogens (tertiary/aromatic N) is 2. The highest BCUT2D eigenvalue weighted by molar-refractivity contribution is 9.10. The number of rotatable bonds is 4. The van der Waals surface area contributed by atoms with E-state index in [0.29, 0.717) is 0 Å². The molecule has 2 N–H and O–H groups in total. The number of nitro benzene ring substituents is 2. The van der Waals surface area contributed by atoms with Gasteiger partial charge in [-0.05, 0) is 12.1 Å². The van der Waals surface area contributed by atoms with Crippen LogP contribution in [0, 0.1) is 20.2 Å². The van der Waals surface area contributed by atoms with E-state index in [2.05, 4.69) is 31.9 Å². The van der Waals surface area contributed by atoms with E-state index in [9.17, 15) is 30.4 Å². The van der Waals surface area contributed by atoms with E-state index in [0.717, 1.165) is 12.1 Å². The van der Waals surface area contributed by atoms with Gasteiger partial charge in [0.25, 0.3) is 0 Å². The predicted octanol–water partition coefficient (Wildman–Crippen LogP) is 5.63. The fourth-order valence-electron chi connectivity index (χ4n) is 2.18. The van der Waals surface area contributed by atoms with Gasteiger partial charge in [-0.25, -0.2) is 0 Å². The Morgan fingerprint density at radius 3 is 1.46 bits per heavy atom. The van der Waals surface area contributed by atoms with E-state index in [1.165, 1.54) is 12.1 Å². The average Bonchev–Trinajstić information content (AvgIpc) is 2.52. The largest absolute Gasteiger partial charge is 0.502 e. The van der Waals surface area contributed by atoms with Crippen LogP contribution in [0.1, 0.15) is 11.1 Å². The molecule has 2 aromatic rings. The zero-order chi connectivity index (χ0) is 19.8. The van der Waals surface area contributed by atoms with E-state index in [4.69, 9.17) is 23.2 Å². The van der Waals surface area contributed by atoms with Crippen molar-refractivity contribution in [3.05, 3.63) is 69.1 Å². The van der Waals surface area contributed by atoms with Gasteiger partial charge in [-0.15, -0.1) is 0 Å². The minimum atomic E-state index is -0.827. The molecule has 0 saturated carbocycles. The van der Waals surface area contributed by atoms with E-state index in [1.807, 2.05) is 0 Å². The van der Waals surface area contributed by atoms with Crippen molar-refractivity contribution in [2.45, 2.75) is 0 Å². The molecule has 0 fully saturated rings. The molecule has 0 heterocycles. The Balaban J connectivity index is 2.90. The Hall–Kier alpha value is -1.88. The standard InChI is InChI=1S/C14H6Br2Cl2N2O6/c15-5-1-7(12(21)9(3-5)19(23)24)11(14(17)18)8-2-6(16)4-10(13(8)22)20(25)26/h1-4,21-22H. The predicted molar refractivity (Wildman–Crippen MR) is 103 cm³/mol. The van der Waals surface area contributed by atoms with Crippen molar-refractivity contribution in [2.75, 3.05) is 0 Å². The Bertz CT molecular complexity index is 905. The monoisotopic (exact) mass is 526 g/mol. The Morgan fingerprint density at radius 1 is 0.846 bits per heavy atom. The van der Waals surface area contributed by atoms with Crippen molar-refractivity contribution in [2.24, 2.45) is 0 Å². The van der Waals surface area contributed by atoms with Gasteiger partial charge in [0.05, 0.1) is 9.85 Å². The Morgan fingerprint density at radius 2 is 1.19 bits per heavy atom. The maximum Gasteiger partial charge on any atom is 0.312 e. The lowest BCUT2D eigenvalue weighted by molar-refractivity contribution is -0.386. The molecule has 2 rings (SSSR count). The quantitative estimate of drug-likeness (QED) is 0.391. The molecule has 0 aliphatic carbocycles. The molecule has 12 heteroatoms. The third kappa shape index (κ3) is 3.93. The van der Waals surface area contributed by atoms with Crippen molar-refractivity contribution in [3.63, 3.8) is 0 Å². The maximum absolute atomic E-state index is 11.1. The van der Waals surface area contributed by atoms with Gasteiger partial charge in [0.2, 0.25) is 11.5 Å². The van der Waals surface area contributed by atoms with E-state index in [1.54, 1.807) is 0 Å². The van der Waals surface area contributed by atoms with Crippen LogP contribution in [0.5, 0.6) is 11.5 Å². The Kier molecular flexibility index (Phi) is 6.12. The lowest BCUT2D eigenvalue weighted by Crippen LogP contribution is -1.98. The van der Waals surface area contributed by atoms with Crippen molar-refractivity contribution in [1.29, 1.82) is 0 Å². The maximum atomic E-state index is 11.1.